The Morgan fingerprint density at radius 1 is 1.00 bits per heavy atom. The lowest BCUT2D eigenvalue weighted by atomic mass is 9.81. The van der Waals surface area contributed by atoms with Crippen LogP contribution < -0.4 is 0 Å². The summed E-state index contributed by atoms with van der Waals surface area (Å²) >= 11 is 0. The van der Waals surface area contributed by atoms with E-state index in [1.54, 1.807) is 5.56 Å². The Morgan fingerprint density at radius 3 is 2.66 bits per heavy atom. The van der Waals surface area contributed by atoms with Crippen molar-refractivity contribution in [1.82, 2.24) is 0 Å². The van der Waals surface area contributed by atoms with Crippen LogP contribution in [0.15, 0.2) is 42.5 Å². The van der Waals surface area contributed by atoms with Crippen LogP contribution in [0.3, 0.4) is 0 Å². The number of allylic oxidation sites excluding steroid dienone is 1. The third kappa shape index (κ3) is 4.49. The summed E-state index contributed by atoms with van der Waals surface area (Å²) in [7, 11) is 0. The third-order valence-corrected chi connectivity index (χ3v) is 8.26. The summed E-state index contributed by atoms with van der Waals surface area (Å²) in [6.07, 6.45) is 17.0. The maximum absolute atomic E-state index is 12.5. The van der Waals surface area contributed by atoms with Crippen molar-refractivity contribution in [2.24, 2.45) is 17.8 Å². The Morgan fingerprint density at radius 2 is 1.84 bits per heavy atom. The van der Waals surface area contributed by atoms with E-state index in [0.717, 1.165) is 25.7 Å². The molecule has 0 spiro atoms. The summed E-state index contributed by atoms with van der Waals surface area (Å²) in [5.41, 5.74) is 8.73. The zero-order chi connectivity index (χ0) is 22.1. The third-order valence-electron chi connectivity index (χ3n) is 8.26. The van der Waals surface area contributed by atoms with Gasteiger partial charge in [-0.05, 0) is 90.2 Å². The van der Waals surface area contributed by atoms with Crippen LogP contribution in [0, 0.1) is 17.8 Å². The molecule has 2 unspecified atom stereocenters. The van der Waals surface area contributed by atoms with Gasteiger partial charge in [0.25, 0.3) is 0 Å². The minimum absolute atomic E-state index is 0.174. The molecule has 3 aliphatic rings. The van der Waals surface area contributed by atoms with Gasteiger partial charge < -0.3 is 0 Å². The monoisotopic (exact) mass is 426 g/mol. The molecular formula is C31H38O. The molecule has 2 aromatic rings. The molecule has 0 N–H and O–H groups in total. The van der Waals surface area contributed by atoms with Crippen molar-refractivity contribution in [1.29, 1.82) is 0 Å². The Balaban J connectivity index is 1.45. The number of hydrogen-bond donors (Lipinski definition) is 0. The van der Waals surface area contributed by atoms with Gasteiger partial charge in [0.15, 0.2) is 0 Å². The number of carbonyl (C=O) groups excluding carboxylic acids is 1. The van der Waals surface area contributed by atoms with Gasteiger partial charge in [-0.2, -0.15) is 0 Å². The largest absolute Gasteiger partial charge is 0.299 e. The molecule has 0 aromatic heterocycles. The van der Waals surface area contributed by atoms with Crippen molar-refractivity contribution in [2.75, 3.05) is 0 Å². The van der Waals surface area contributed by atoms with E-state index in [-0.39, 0.29) is 5.92 Å². The fourth-order valence-electron chi connectivity index (χ4n) is 6.53. The maximum Gasteiger partial charge on any atom is 0.138 e. The average Bonchev–Trinajstić information content (AvgIpc) is 3.48. The predicted octanol–water partition coefficient (Wildman–Crippen LogP) is 8.15. The van der Waals surface area contributed by atoms with Crippen LogP contribution in [0.25, 0.3) is 17.2 Å². The lowest BCUT2D eigenvalue weighted by Gasteiger charge is -2.24. The van der Waals surface area contributed by atoms with E-state index in [9.17, 15) is 4.79 Å². The van der Waals surface area contributed by atoms with Crippen LogP contribution in [-0.4, -0.2) is 5.78 Å². The number of rotatable bonds is 6. The molecule has 5 rings (SSSR count). The van der Waals surface area contributed by atoms with Gasteiger partial charge in [0.2, 0.25) is 0 Å². The average molecular weight is 427 g/mol. The quantitative estimate of drug-likeness (QED) is 0.455. The second kappa shape index (κ2) is 9.38. The normalized spacial score (nSPS) is 23.1. The lowest BCUT2D eigenvalue weighted by Crippen LogP contribution is -2.17. The molecule has 3 aliphatic carbocycles. The number of benzene rings is 2. The van der Waals surface area contributed by atoms with E-state index < -0.39 is 0 Å². The van der Waals surface area contributed by atoms with Gasteiger partial charge in [0, 0.05) is 11.8 Å². The number of hydrogen-bond acceptors (Lipinski definition) is 1. The number of Topliss-reactive ketones (excluding diaryl/α,β-unsaturated/α-hetero) is 1. The summed E-state index contributed by atoms with van der Waals surface area (Å²) in [5.74, 6) is 2.32. The molecule has 2 aromatic carbocycles. The molecule has 0 heterocycles. The van der Waals surface area contributed by atoms with Crippen molar-refractivity contribution in [2.45, 2.75) is 84.0 Å². The molecule has 2 saturated carbocycles. The summed E-state index contributed by atoms with van der Waals surface area (Å²) in [5, 5.41) is 0. The molecular weight excluding hydrogens is 388 g/mol. The second-order valence-corrected chi connectivity index (χ2v) is 10.9. The minimum atomic E-state index is 0.174. The second-order valence-electron chi connectivity index (χ2n) is 10.9. The van der Waals surface area contributed by atoms with Crippen molar-refractivity contribution >= 4 is 11.9 Å². The highest BCUT2D eigenvalue weighted by Gasteiger charge is 2.31. The Hall–Kier alpha value is -2.15. The van der Waals surface area contributed by atoms with Crippen LogP contribution in [0.5, 0.6) is 0 Å². The summed E-state index contributed by atoms with van der Waals surface area (Å²) in [6, 6.07) is 14.3. The molecule has 2 fully saturated rings. The van der Waals surface area contributed by atoms with E-state index in [0.29, 0.717) is 23.5 Å². The van der Waals surface area contributed by atoms with Gasteiger partial charge in [-0.25, -0.2) is 0 Å². The van der Waals surface area contributed by atoms with Crippen LogP contribution >= 0.6 is 0 Å². The molecule has 0 amide bonds. The topological polar surface area (TPSA) is 17.1 Å². The van der Waals surface area contributed by atoms with Gasteiger partial charge in [-0.3, -0.25) is 4.79 Å². The van der Waals surface area contributed by atoms with Crippen molar-refractivity contribution in [3.8, 4) is 11.1 Å². The molecule has 2 atom stereocenters. The van der Waals surface area contributed by atoms with E-state index in [1.807, 2.05) is 0 Å². The molecule has 1 nitrogen and oxygen atoms in total. The Labute approximate surface area is 194 Å². The minimum Gasteiger partial charge on any atom is -0.299 e. The van der Waals surface area contributed by atoms with Crippen LogP contribution in [0.1, 0.15) is 93.4 Å². The molecule has 32 heavy (non-hydrogen) atoms. The first kappa shape index (κ1) is 21.7. The van der Waals surface area contributed by atoms with Gasteiger partial charge in [-0.1, -0.05) is 81.7 Å². The van der Waals surface area contributed by atoms with Gasteiger partial charge in [0.05, 0.1) is 0 Å². The highest BCUT2D eigenvalue weighted by Crippen LogP contribution is 2.40. The predicted molar refractivity (Wildman–Crippen MR) is 135 cm³/mol. The summed E-state index contributed by atoms with van der Waals surface area (Å²) in [6.45, 7) is 4.12. The Bertz CT molecular complexity index is 1010. The fraction of sp³-hybridized carbons (Fsp3) is 0.516. The van der Waals surface area contributed by atoms with E-state index in [1.165, 1.54) is 66.3 Å². The summed E-state index contributed by atoms with van der Waals surface area (Å²) in [4.78, 5) is 12.5. The van der Waals surface area contributed by atoms with Crippen molar-refractivity contribution in [3.63, 3.8) is 0 Å². The van der Waals surface area contributed by atoms with E-state index in [2.05, 4.69) is 62.4 Å². The standard InChI is InChI=1S/C31H38O/c1-21(2)31(32)26-15-14-22(17-26)16-23-18-27(24-8-4-3-5-9-24)20-28(19-23)30-13-7-11-25-10-6-12-29(25)30/h6-7,11-13,18-22,24,26H,3-5,8-10,14-17H2,1-2H3. The smallest absolute Gasteiger partial charge is 0.138 e. The first-order valence-electron chi connectivity index (χ1n) is 13.0. The Kier molecular flexibility index (Phi) is 6.35. The maximum atomic E-state index is 12.5. The SMILES string of the molecule is CC(C)C(=O)C1CCC(Cc2cc(-c3cccc4c3C=CC4)cc(C3CCCCC3)c2)C1. The van der Waals surface area contributed by atoms with Gasteiger partial charge in [0.1, 0.15) is 5.78 Å². The van der Waals surface area contributed by atoms with E-state index in [4.69, 9.17) is 0 Å². The van der Waals surface area contributed by atoms with E-state index >= 15 is 0 Å². The van der Waals surface area contributed by atoms with Crippen molar-refractivity contribution in [3.05, 3.63) is 64.7 Å². The summed E-state index contributed by atoms with van der Waals surface area (Å²) < 4.78 is 0. The first-order valence-corrected chi connectivity index (χ1v) is 13.0. The highest BCUT2D eigenvalue weighted by atomic mass is 16.1. The zero-order valence-corrected chi connectivity index (χ0v) is 19.9. The van der Waals surface area contributed by atoms with Gasteiger partial charge >= 0.3 is 0 Å². The lowest BCUT2D eigenvalue weighted by molar-refractivity contribution is -0.125. The number of carbonyl (C=O) groups is 1. The molecule has 1 heteroatoms. The number of fused-ring (bicyclic) bond motifs is 1. The van der Waals surface area contributed by atoms with Gasteiger partial charge in [-0.15, -0.1) is 0 Å². The molecule has 0 radical (unpaired) electrons. The number of ketones is 1. The van der Waals surface area contributed by atoms with Crippen LogP contribution in [0.2, 0.25) is 0 Å². The first-order chi connectivity index (χ1) is 15.6. The van der Waals surface area contributed by atoms with Crippen molar-refractivity contribution < 1.29 is 4.79 Å². The fourth-order valence-corrected chi connectivity index (χ4v) is 6.53. The highest BCUT2D eigenvalue weighted by molar-refractivity contribution is 5.83. The molecule has 0 aliphatic heterocycles. The van der Waals surface area contributed by atoms with Crippen LogP contribution in [-0.2, 0) is 17.6 Å². The van der Waals surface area contributed by atoms with Crippen LogP contribution in [0.4, 0.5) is 0 Å². The molecule has 0 bridgehead atoms. The molecule has 168 valence electrons. The molecule has 0 saturated heterocycles. The zero-order valence-electron chi connectivity index (χ0n) is 19.9.